The highest BCUT2D eigenvalue weighted by Gasteiger charge is 2.04. The van der Waals surface area contributed by atoms with Gasteiger partial charge in [0, 0.05) is 0 Å². The third-order valence-electron chi connectivity index (χ3n) is 5.97. The van der Waals surface area contributed by atoms with Crippen LogP contribution in [0.15, 0.2) is 18.6 Å². The van der Waals surface area contributed by atoms with E-state index in [1.807, 2.05) is 55.4 Å². The molecule has 0 spiro atoms. The zero-order chi connectivity index (χ0) is 32.3. The number of aryl methyl sites for hydroxylation is 6. The van der Waals surface area contributed by atoms with E-state index < -0.39 is 0 Å². The average Bonchev–Trinajstić information content (AvgIpc) is 3.78. The maximum atomic E-state index is 4.00. The molecule has 0 aliphatic carbocycles. The molecule has 3 fully saturated rings. The minimum Gasteiger partial charge on any atom is -0.317 e. The molecule has 0 aromatic carbocycles. The van der Waals surface area contributed by atoms with Crippen LogP contribution in [0.1, 0.15) is 86.9 Å². The van der Waals surface area contributed by atoms with Crippen molar-refractivity contribution in [1.82, 2.24) is 60.7 Å². The number of likely N-dealkylation sites (tertiary alicyclic amines) is 2. The Hall–Kier alpha value is -3.09. The van der Waals surface area contributed by atoms with Crippen LogP contribution in [0.25, 0.3) is 0 Å². The van der Waals surface area contributed by atoms with Gasteiger partial charge in [-0.05, 0) is 133 Å². The SMILES string of the molecule is C1CCNC1.CC.CN1CCCC1.CN1CCCC1.Cc1cnnc(C)n1.Cc1cnnc(C)n1.Cc1cnnc(C)n1. The Labute approximate surface area is 261 Å². The van der Waals surface area contributed by atoms with Gasteiger partial charge < -0.3 is 15.1 Å². The molecule has 12 heteroatoms. The number of nitrogens with one attached hydrogen (secondary N) is 1. The fraction of sp³-hybridized carbons (Fsp3) is 0.710. The van der Waals surface area contributed by atoms with E-state index in [4.69, 9.17) is 0 Å². The fourth-order valence-electron chi connectivity index (χ4n) is 3.88. The molecule has 0 atom stereocenters. The quantitative estimate of drug-likeness (QED) is 0.396. The number of nitrogens with zero attached hydrogens (tertiary/aromatic N) is 11. The zero-order valence-electron chi connectivity index (χ0n) is 28.6. The van der Waals surface area contributed by atoms with Crippen LogP contribution in [0.3, 0.4) is 0 Å². The highest BCUT2D eigenvalue weighted by atomic mass is 15.1. The molecule has 6 rings (SSSR count). The number of aromatic nitrogens is 9. The van der Waals surface area contributed by atoms with Crippen molar-refractivity contribution in [3.8, 4) is 0 Å². The van der Waals surface area contributed by atoms with Crippen molar-refractivity contribution >= 4 is 0 Å². The maximum Gasteiger partial charge on any atom is 0.148 e. The molecule has 3 saturated heterocycles. The summed E-state index contributed by atoms with van der Waals surface area (Å²) in [5.74, 6) is 2.18. The lowest BCUT2D eigenvalue weighted by atomic mass is 10.4. The van der Waals surface area contributed by atoms with Gasteiger partial charge in [0.05, 0.1) is 35.7 Å². The lowest BCUT2D eigenvalue weighted by Crippen LogP contribution is -2.10. The molecule has 12 nitrogen and oxygen atoms in total. The van der Waals surface area contributed by atoms with E-state index in [-0.39, 0.29) is 0 Å². The lowest BCUT2D eigenvalue weighted by molar-refractivity contribution is 0.418. The summed E-state index contributed by atoms with van der Waals surface area (Å²) in [4.78, 5) is 16.7. The second-order valence-corrected chi connectivity index (χ2v) is 10.4. The van der Waals surface area contributed by atoms with Crippen LogP contribution < -0.4 is 5.32 Å². The Balaban J connectivity index is 0.000000490. The van der Waals surface area contributed by atoms with E-state index in [1.165, 1.54) is 77.8 Å². The van der Waals surface area contributed by atoms with Gasteiger partial charge in [0.25, 0.3) is 0 Å². The summed E-state index contributed by atoms with van der Waals surface area (Å²) in [7, 11) is 4.35. The van der Waals surface area contributed by atoms with Crippen molar-refractivity contribution in [3.05, 3.63) is 53.1 Å². The lowest BCUT2D eigenvalue weighted by Gasteiger charge is -2.01. The largest absolute Gasteiger partial charge is 0.317 e. The van der Waals surface area contributed by atoms with Gasteiger partial charge in [0.2, 0.25) is 0 Å². The van der Waals surface area contributed by atoms with Crippen molar-refractivity contribution in [1.29, 1.82) is 0 Å². The Bertz CT molecular complexity index is 873. The third kappa shape index (κ3) is 25.1. The first kappa shape index (κ1) is 39.9. The molecule has 0 saturated carbocycles. The van der Waals surface area contributed by atoms with Gasteiger partial charge in [-0.15, -0.1) is 15.3 Å². The summed E-state index contributed by atoms with van der Waals surface area (Å²) >= 11 is 0. The zero-order valence-corrected chi connectivity index (χ0v) is 28.6. The molecular weight excluding hydrogens is 540 g/mol. The fourth-order valence-corrected chi connectivity index (χ4v) is 3.88. The minimum absolute atomic E-state index is 0.727. The first-order chi connectivity index (χ1) is 20.7. The number of hydrogen-bond donors (Lipinski definition) is 1. The van der Waals surface area contributed by atoms with Gasteiger partial charge in [0.15, 0.2) is 0 Å². The standard InChI is InChI=1S/3C5H7N3.2C5H11N.C4H9N.C2H6/c3*1-4-3-6-8-5(2)7-4;2*1-6-4-2-3-5-6;1-2-4-5-3-1;1-2/h3*3H,1-2H3;2*2-5H2,1H3;5H,1-4H2;1-2H3. The van der Waals surface area contributed by atoms with Crippen molar-refractivity contribution in [3.63, 3.8) is 0 Å². The molecule has 0 radical (unpaired) electrons. The first-order valence-corrected chi connectivity index (χ1v) is 15.6. The Morgan fingerprint density at radius 2 is 0.767 bits per heavy atom. The van der Waals surface area contributed by atoms with E-state index in [0.717, 1.165) is 34.6 Å². The van der Waals surface area contributed by atoms with E-state index in [2.05, 4.69) is 74.8 Å². The molecule has 3 aliphatic heterocycles. The molecule has 242 valence electrons. The number of rotatable bonds is 0. The van der Waals surface area contributed by atoms with Crippen LogP contribution in [0.5, 0.6) is 0 Å². The first-order valence-electron chi connectivity index (χ1n) is 15.6. The topological polar surface area (TPSA) is 135 Å². The van der Waals surface area contributed by atoms with Crippen molar-refractivity contribution < 1.29 is 0 Å². The van der Waals surface area contributed by atoms with Crippen molar-refractivity contribution in [2.45, 2.75) is 93.9 Å². The van der Waals surface area contributed by atoms with Crippen molar-refractivity contribution in [2.75, 3.05) is 53.4 Å². The van der Waals surface area contributed by atoms with Crippen LogP contribution in [-0.4, -0.2) is 109 Å². The van der Waals surface area contributed by atoms with E-state index >= 15 is 0 Å². The molecular formula is C31H58N12. The monoisotopic (exact) mass is 598 g/mol. The van der Waals surface area contributed by atoms with Crippen LogP contribution in [-0.2, 0) is 0 Å². The van der Waals surface area contributed by atoms with Gasteiger partial charge in [-0.1, -0.05) is 13.8 Å². The highest BCUT2D eigenvalue weighted by Crippen LogP contribution is 2.02. The molecule has 3 aliphatic rings. The summed E-state index contributed by atoms with van der Waals surface area (Å²) in [5, 5.41) is 25.3. The van der Waals surface area contributed by atoms with Crippen molar-refractivity contribution in [2.24, 2.45) is 0 Å². The highest BCUT2D eigenvalue weighted by molar-refractivity contribution is 4.91. The normalized spacial score (nSPS) is 15.2. The Morgan fingerprint density at radius 1 is 0.488 bits per heavy atom. The molecule has 43 heavy (non-hydrogen) atoms. The second kappa shape index (κ2) is 26.5. The molecule has 1 N–H and O–H groups in total. The minimum atomic E-state index is 0.727. The maximum absolute atomic E-state index is 4.00. The molecule has 0 bridgehead atoms. The predicted molar refractivity (Wildman–Crippen MR) is 175 cm³/mol. The summed E-state index contributed by atoms with van der Waals surface area (Å²) in [6, 6.07) is 0. The molecule has 3 aromatic heterocycles. The summed E-state index contributed by atoms with van der Waals surface area (Å²) in [6.07, 6.45) is 13.3. The smallest absolute Gasteiger partial charge is 0.148 e. The molecule has 0 amide bonds. The summed E-state index contributed by atoms with van der Waals surface area (Å²) in [5.41, 5.74) is 2.74. The summed E-state index contributed by atoms with van der Waals surface area (Å²) in [6.45, 7) is 22.9. The van der Waals surface area contributed by atoms with Gasteiger partial charge in [-0.3, -0.25) is 0 Å². The molecule has 6 heterocycles. The second-order valence-electron chi connectivity index (χ2n) is 10.4. The van der Waals surface area contributed by atoms with E-state index in [9.17, 15) is 0 Å². The van der Waals surface area contributed by atoms with Crippen LogP contribution in [0, 0.1) is 41.5 Å². The molecule has 0 unspecified atom stereocenters. The van der Waals surface area contributed by atoms with Crippen LogP contribution in [0.2, 0.25) is 0 Å². The Morgan fingerprint density at radius 3 is 0.884 bits per heavy atom. The van der Waals surface area contributed by atoms with Crippen LogP contribution >= 0.6 is 0 Å². The molecule has 3 aromatic rings. The summed E-state index contributed by atoms with van der Waals surface area (Å²) < 4.78 is 0. The van der Waals surface area contributed by atoms with Gasteiger partial charge in [-0.2, -0.15) is 15.3 Å². The predicted octanol–water partition coefficient (Wildman–Crippen LogP) is 4.29. The third-order valence-corrected chi connectivity index (χ3v) is 5.97. The van der Waals surface area contributed by atoms with Crippen LogP contribution in [0.4, 0.5) is 0 Å². The van der Waals surface area contributed by atoms with Gasteiger partial charge in [0.1, 0.15) is 17.5 Å². The van der Waals surface area contributed by atoms with Gasteiger partial charge >= 0.3 is 0 Å². The number of hydrogen-bond acceptors (Lipinski definition) is 12. The Kier molecular flexibility index (Phi) is 24.6. The van der Waals surface area contributed by atoms with E-state index in [0.29, 0.717) is 0 Å². The van der Waals surface area contributed by atoms with Gasteiger partial charge in [-0.25, -0.2) is 15.0 Å². The average molecular weight is 599 g/mol. The van der Waals surface area contributed by atoms with E-state index in [1.54, 1.807) is 18.6 Å².